The van der Waals surface area contributed by atoms with Crippen molar-refractivity contribution < 1.29 is 4.79 Å². The second-order valence-corrected chi connectivity index (χ2v) is 8.27. The molecule has 1 aliphatic carbocycles. The second-order valence-electron chi connectivity index (χ2n) is 7.43. The van der Waals surface area contributed by atoms with E-state index in [4.69, 9.17) is 28.9 Å². The highest BCUT2D eigenvalue weighted by molar-refractivity contribution is 6.32. The average Bonchev–Trinajstić information content (AvgIpc) is 3.07. The van der Waals surface area contributed by atoms with Crippen molar-refractivity contribution in [3.05, 3.63) is 70.2 Å². The topological polar surface area (TPSA) is 60.1 Å². The van der Waals surface area contributed by atoms with Crippen LogP contribution in [-0.2, 0) is 0 Å². The minimum Gasteiger partial charge on any atom is -0.384 e. The summed E-state index contributed by atoms with van der Waals surface area (Å²) in [7, 11) is 0. The van der Waals surface area contributed by atoms with E-state index in [1.54, 1.807) is 0 Å². The van der Waals surface area contributed by atoms with Gasteiger partial charge < -0.3 is 11.1 Å². The van der Waals surface area contributed by atoms with Crippen molar-refractivity contribution in [3.8, 4) is 16.9 Å². The number of amides is 1. The summed E-state index contributed by atoms with van der Waals surface area (Å²) in [5, 5.41) is 4.36. The number of nitrogens with two attached hydrogens (primary N) is 1. The van der Waals surface area contributed by atoms with Gasteiger partial charge in [0.2, 0.25) is 0 Å². The molecule has 3 aromatic rings. The molecule has 0 atom stereocenters. The lowest BCUT2D eigenvalue weighted by Crippen LogP contribution is -2.36. The summed E-state index contributed by atoms with van der Waals surface area (Å²) in [6, 6.07) is 17.0. The van der Waals surface area contributed by atoms with E-state index >= 15 is 0 Å². The third-order valence-electron chi connectivity index (χ3n) is 5.46. The highest BCUT2D eigenvalue weighted by atomic mass is 35.5. The fraction of sp³-hybridized carbons (Fsp3) is 0.261. The van der Waals surface area contributed by atoms with Crippen LogP contribution in [0.4, 0.5) is 5.82 Å². The van der Waals surface area contributed by atoms with Gasteiger partial charge in [-0.1, -0.05) is 66.7 Å². The Balaban J connectivity index is 1.79. The van der Waals surface area contributed by atoms with Gasteiger partial charge in [-0.15, -0.1) is 0 Å². The number of nitrogens with zero attached hydrogens (tertiary/aromatic N) is 1. The highest BCUT2D eigenvalue weighted by Gasteiger charge is 2.24. The van der Waals surface area contributed by atoms with Crippen molar-refractivity contribution in [2.24, 2.45) is 0 Å². The maximum atomic E-state index is 13.0. The van der Waals surface area contributed by atoms with Crippen molar-refractivity contribution in [2.75, 3.05) is 5.73 Å². The largest absolute Gasteiger partial charge is 0.384 e. The number of carbonyl (C=O) groups is 1. The van der Waals surface area contributed by atoms with Crippen molar-refractivity contribution in [1.82, 2.24) is 9.88 Å². The zero-order chi connectivity index (χ0) is 20.4. The van der Waals surface area contributed by atoms with Crippen LogP contribution in [0.15, 0.2) is 54.6 Å². The Hall–Kier alpha value is -2.43. The lowest BCUT2D eigenvalue weighted by atomic mass is 9.95. The van der Waals surface area contributed by atoms with Crippen LogP contribution in [0.2, 0.25) is 10.0 Å². The maximum absolute atomic E-state index is 13.0. The number of nitrogens with one attached hydrogen (secondary N) is 1. The lowest BCUT2D eigenvalue weighted by molar-refractivity contribution is 0.0929. The van der Waals surface area contributed by atoms with Gasteiger partial charge in [0.05, 0.1) is 22.0 Å². The van der Waals surface area contributed by atoms with Gasteiger partial charge in [-0.25, -0.2) is 0 Å². The van der Waals surface area contributed by atoms with Gasteiger partial charge in [-0.05, 0) is 48.7 Å². The van der Waals surface area contributed by atoms with E-state index < -0.39 is 0 Å². The Kier molecular flexibility index (Phi) is 5.84. The molecule has 1 aliphatic rings. The Morgan fingerprint density at radius 3 is 2.38 bits per heavy atom. The van der Waals surface area contributed by atoms with Gasteiger partial charge in [0, 0.05) is 11.1 Å². The molecule has 0 saturated heterocycles. The third-order valence-corrected chi connectivity index (χ3v) is 6.03. The molecular weight excluding hydrogens is 405 g/mol. The van der Waals surface area contributed by atoms with Gasteiger partial charge in [-0.2, -0.15) is 0 Å². The molecule has 0 unspecified atom stereocenters. The highest BCUT2D eigenvalue weighted by Crippen LogP contribution is 2.35. The first-order valence-corrected chi connectivity index (χ1v) is 10.6. The van der Waals surface area contributed by atoms with Crippen LogP contribution in [0.3, 0.4) is 0 Å². The maximum Gasteiger partial charge on any atom is 0.255 e. The molecule has 0 aliphatic heterocycles. The molecule has 1 amide bonds. The number of hydrogen-bond acceptors (Lipinski definition) is 2. The zero-order valence-electron chi connectivity index (χ0n) is 16.0. The number of halogens is 2. The molecule has 29 heavy (non-hydrogen) atoms. The smallest absolute Gasteiger partial charge is 0.255 e. The molecule has 3 N–H and O–H groups in total. The van der Waals surface area contributed by atoms with E-state index in [9.17, 15) is 4.79 Å². The fourth-order valence-corrected chi connectivity index (χ4v) is 4.29. The van der Waals surface area contributed by atoms with Gasteiger partial charge in [0.1, 0.15) is 5.82 Å². The van der Waals surface area contributed by atoms with E-state index in [0.29, 0.717) is 21.4 Å². The van der Waals surface area contributed by atoms with Crippen molar-refractivity contribution >= 4 is 34.9 Å². The first kappa shape index (κ1) is 19.9. The van der Waals surface area contributed by atoms with Gasteiger partial charge >= 0.3 is 0 Å². The summed E-state index contributed by atoms with van der Waals surface area (Å²) >= 11 is 12.5. The Labute approximate surface area is 180 Å². The standard InChI is InChI=1S/C23H23Cl2N3O/c24-16-12-10-15(11-13-16)21-14-18(23(29)27-17-6-2-1-3-7-17)22(26)28(21)20-9-5-4-8-19(20)25/h4-5,8-14,17H,1-3,6-7,26H2,(H,27,29). The molecule has 0 radical (unpaired) electrons. The monoisotopic (exact) mass is 427 g/mol. The minimum atomic E-state index is -0.143. The SMILES string of the molecule is Nc1c(C(=O)NC2CCCCC2)cc(-c2ccc(Cl)cc2)n1-c1ccccc1Cl. The fourth-order valence-electron chi connectivity index (χ4n) is 3.94. The van der Waals surface area contributed by atoms with Crippen LogP contribution in [-0.4, -0.2) is 16.5 Å². The van der Waals surface area contributed by atoms with Crippen LogP contribution < -0.4 is 11.1 Å². The van der Waals surface area contributed by atoms with Crippen molar-refractivity contribution in [2.45, 2.75) is 38.1 Å². The minimum absolute atomic E-state index is 0.143. The first-order valence-electron chi connectivity index (χ1n) is 9.87. The van der Waals surface area contributed by atoms with Crippen LogP contribution in [0, 0.1) is 0 Å². The number of carbonyl (C=O) groups excluding carboxylic acids is 1. The summed E-state index contributed by atoms with van der Waals surface area (Å²) in [5.41, 5.74) is 9.38. The van der Waals surface area contributed by atoms with Crippen molar-refractivity contribution in [3.63, 3.8) is 0 Å². The number of rotatable bonds is 4. The predicted molar refractivity (Wildman–Crippen MR) is 120 cm³/mol. The summed E-state index contributed by atoms with van der Waals surface area (Å²) in [6.45, 7) is 0. The molecule has 6 heteroatoms. The number of hydrogen-bond donors (Lipinski definition) is 2. The van der Waals surface area contributed by atoms with Crippen LogP contribution >= 0.6 is 23.2 Å². The quantitative estimate of drug-likeness (QED) is 0.528. The number of aromatic nitrogens is 1. The van der Waals surface area contributed by atoms with E-state index in [1.165, 1.54) is 6.42 Å². The number of anilines is 1. The summed E-state index contributed by atoms with van der Waals surface area (Å²) < 4.78 is 1.83. The molecule has 1 aromatic heterocycles. The lowest BCUT2D eigenvalue weighted by Gasteiger charge is -2.22. The van der Waals surface area contributed by atoms with E-state index in [2.05, 4.69) is 5.32 Å². The normalized spacial score (nSPS) is 14.7. The number of benzene rings is 2. The third kappa shape index (κ3) is 4.14. The Morgan fingerprint density at radius 2 is 1.69 bits per heavy atom. The van der Waals surface area contributed by atoms with E-state index in [-0.39, 0.29) is 11.9 Å². The molecule has 4 rings (SSSR count). The molecule has 0 bridgehead atoms. The zero-order valence-corrected chi connectivity index (χ0v) is 17.5. The Bertz CT molecular complexity index is 1020. The van der Waals surface area contributed by atoms with Gasteiger partial charge in [-0.3, -0.25) is 9.36 Å². The summed E-state index contributed by atoms with van der Waals surface area (Å²) in [4.78, 5) is 13.0. The molecule has 0 spiro atoms. The molecule has 4 nitrogen and oxygen atoms in total. The molecule has 1 fully saturated rings. The van der Waals surface area contributed by atoms with Crippen LogP contribution in [0.1, 0.15) is 42.5 Å². The van der Waals surface area contributed by atoms with E-state index in [1.807, 2.05) is 59.2 Å². The Morgan fingerprint density at radius 1 is 1.00 bits per heavy atom. The predicted octanol–water partition coefficient (Wildman–Crippen LogP) is 6.10. The number of nitrogen functional groups attached to an aromatic ring is 1. The molecule has 2 aromatic carbocycles. The number of para-hydroxylation sites is 1. The summed E-state index contributed by atoms with van der Waals surface area (Å²) in [6.07, 6.45) is 5.56. The molecule has 150 valence electrons. The van der Waals surface area contributed by atoms with E-state index in [0.717, 1.165) is 42.6 Å². The first-order chi connectivity index (χ1) is 14.0. The molecule has 1 saturated carbocycles. The van der Waals surface area contributed by atoms with Gasteiger partial charge in [0.25, 0.3) is 5.91 Å². The van der Waals surface area contributed by atoms with Crippen molar-refractivity contribution in [1.29, 1.82) is 0 Å². The summed E-state index contributed by atoms with van der Waals surface area (Å²) in [5.74, 6) is 0.228. The second kappa shape index (κ2) is 8.52. The molecular formula is C23H23Cl2N3O. The molecule has 1 heterocycles. The van der Waals surface area contributed by atoms with Crippen LogP contribution in [0.5, 0.6) is 0 Å². The average molecular weight is 428 g/mol. The van der Waals surface area contributed by atoms with Gasteiger partial charge in [0.15, 0.2) is 0 Å². The van der Waals surface area contributed by atoms with Crippen LogP contribution in [0.25, 0.3) is 16.9 Å².